The van der Waals surface area contributed by atoms with E-state index in [9.17, 15) is 13.2 Å². The summed E-state index contributed by atoms with van der Waals surface area (Å²) in [7, 11) is 0. The number of halogens is 4. The van der Waals surface area contributed by atoms with Crippen LogP contribution in [-0.4, -0.2) is 42.6 Å². The molecule has 3 nitrogen and oxygen atoms in total. The van der Waals surface area contributed by atoms with Crippen molar-refractivity contribution < 1.29 is 13.2 Å². The van der Waals surface area contributed by atoms with E-state index in [2.05, 4.69) is 39.7 Å². The van der Waals surface area contributed by atoms with Gasteiger partial charge in [-0.05, 0) is 66.8 Å². The van der Waals surface area contributed by atoms with Crippen molar-refractivity contribution in [2.45, 2.75) is 39.3 Å². The van der Waals surface area contributed by atoms with E-state index < -0.39 is 11.7 Å². The molecule has 2 heterocycles. The Hall–Kier alpha value is -0.820. The Morgan fingerprint density at radius 3 is 2.42 bits per heavy atom. The van der Waals surface area contributed by atoms with E-state index >= 15 is 0 Å². The Labute approximate surface area is 150 Å². The lowest BCUT2D eigenvalue weighted by Gasteiger charge is -2.34. The molecule has 0 radical (unpaired) electrons. The summed E-state index contributed by atoms with van der Waals surface area (Å²) < 4.78 is 40.1. The van der Waals surface area contributed by atoms with E-state index in [1.807, 2.05) is 0 Å². The number of anilines is 1. The third-order valence-corrected chi connectivity index (χ3v) is 5.23. The van der Waals surface area contributed by atoms with Gasteiger partial charge in [0.15, 0.2) is 0 Å². The van der Waals surface area contributed by atoms with Gasteiger partial charge in [-0.2, -0.15) is 13.2 Å². The Balaban J connectivity index is 1.98. The van der Waals surface area contributed by atoms with Crippen LogP contribution < -0.4 is 4.90 Å². The molecule has 136 valence electrons. The quantitative estimate of drug-likeness (QED) is 0.674. The van der Waals surface area contributed by atoms with Crippen molar-refractivity contribution in [3.05, 3.63) is 22.3 Å². The molecule has 0 aromatic carbocycles. The monoisotopic (exact) mass is 407 g/mol. The van der Waals surface area contributed by atoms with E-state index in [0.717, 1.165) is 45.0 Å². The Kier molecular flexibility index (Phi) is 6.92. The summed E-state index contributed by atoms with van der Waals surface area (Å²) in [6, 6.07) is 1.12. The van der Waals surface area contributed by atoms with Crippen molar-refractivity contribution in [2.24, 2.45) is 5.92 Å². The summed E-state index contributed by atoms with van der Waals surface area (Å²) >= 11 is 3.08. The van der Waals surface area contributed by atoms with Gasteiger partial charge in [-0.25, -0.2) is 4.98 Å². The first kappa shape index (κ1) is 19.5. The lowest BCUT2D eigenvalue weighted by atomic mass is 9.93. The molecule has 24 heavy (non-hydrogen) atoms. The lowest BCUT2D eigenvalue weighted by Crippen LogP contribution is -2.37. The predicted octanol–water partition coefficient (Wildman–Crippen LogP) is 4.81. The van der Waals surface area contributed by atoms with Crippen LogP contribution in [0, 0.1) is 5.92 Å². The molecular formula is C17H25BrF3N3. The number of rotatable bonds is 6. The lowest BCUT2D eigenvalue weighted by molar-refractivity contribution is -0.137. The summed E-state index contributed by atoms with van der Waals surface area (Å²) in [6.45, 7) is 8.76. The topological polar surface area (TPSA) is 19.4 Å². The number of nitrogens with zero attached hydrogens (tertiary/aromatic N) is 3. The van der Waals surface area contributed by atoms with Gasteiger partial charge in [-0.3, -0.25) is 0 Å². The Morgan fingerprint density at radius 1 is 1.25 bits per heavy atom. The second-order valence-electron chi connectivity index (χ2n) is 6.27. The average molecular weight is 408 g/mol. The van der Waals surface area contributed by atoms with Crippen LogP contribution in [0.4, 0.5) is 19.0 Å². The molecule has 0 N–H and O–H groups in total. The first-order valence-corrected chi connectivity index (χ1v) is 9.34. The molecular weight excluding hydrogens is 383 g/mol. The van der Waals surface area contributed by atoms with Crippen LogP contribution in [0.15, 0.2) is 16.7 Å². The molecule has 7 heteroatoms. The van der Waals surface area contributed by atoms with E-state index in [1.165, 1.54) is 6.20 Å². The minimum atomic E-state index is -4.38. The molecule has 1 saturated heterocycles. The van der Waals surface area contributed by atoms with Crippen LogP contribution in [0.2, 0.25) is 0 Å². The van der Waals surface area contributed by atoms with Crippen LogP contribution in [0.1, 0.15) is 38.7 Å². The zero-order chi connectivity index (χ0) is 17.7. The number of hydrogen-bond acceptors (Lipinski definition) is 3. The number of pyridine rings is 1. The standard InChI is InChI=1S/C17H25BrF3N3/c1-3-23(4-2)8-5-13-6-9-24(10-7-13)16-15(17(19,20)21)11-14(18)12-22-16/h11-13H,3-10H2,1-2H3. The highest BCUT2D eigenvalue weighted by Gasteiger charge is 2.36. The molecule has 2 rings (SSSR count). The van der Waals surface area contributed by atoms with Crippen LogP contribution in [-0.2, 0) is 6.18 Å². The number of piperidine rings is 1. The second kappa shape index (κ2) is 8.52. The van der Waals surface area contributed by atoms with Gasteiger partial charge in [0, 0.05) is 23.8 Å². The third kappa shape index (κ3) is 5.09. The highest BCUT2D eigenvalue weighted by Crippen LogP contribution is 2.38. The van der Waals surface area contributed by atoms with Crippen LogP contribution in [0.25, 0.3) is 0 Å². The van der Waals surface area contributed by atoms with Gasteiger partial charge >= 0.3 is 6.18 Å². The molecule has 0 atom stereocenters. The first-order valence-electron chi connectivity index (χ1n) is 8.55. The van der Waals surface area contributed by atoms with Gasteiger partial charge in [0.05, 0.1) is 5.56 Å². The average Bonchev–Trinajstić information content (AvgIpc) is 2.55. The fraction of sp³-hybridized carbons (Fsp3) is 0.706. The van der Waals surface area contributed by atoms with E-state index in [0.29, 0.717) is 23.5 Å². The van der Waals surface area contributed by atoms with Gasteiger partial charge < -0.3 is 9.80 Å². The minimum Gasteiger partial charge on any atom is -0.356 e. The van der Waals surface area contributed by atoms with Crippen molar-refractivity contribution in [2.75, 3.05) is 37.6 Å². The molecule has 0 bridgehead atoms. The maximum atomic E-state index is 13.3. The van der Waals surface area contributed by atoms with Gasteiger partial charge in [0.2, 0.25) is 0 Å². The Bertz CT molecular complexity index is 524. The molecule has 1 aliphatic heterocycles. The molecule has 0 saturated carbocycles. The first-order chi connectivity index (χ1) is 11.3. The van der Waals surface area contributed by atoms with E-state index in [1.54, 1.807) is 4.90 Å². The highest BCUT2D eigenvalue weighted by atomic mass is 79.9. The molecule has 0 aliphatic carbocycles. The molecule has 1 aromatic heterocycles. The van der Waals surface area contributed by atoms with Crippen molar-refractivity contribution >= 4 is 21.7 Å². The molecule has 0 amide bonds. The van der Waals surface area contributed by atoms with Gasteiger partial charge in [-0.15, -0.1) is 0 Å². The van der Waals surface area contributed by atoms with E-state index in [4.69, 9.17) is 0 Å². The minimum absolute atomic E-state index is 0.0629. The largest absolute Gasteiger partial charge is 0.419 e. The summed E-state index contributed by atoms with van der Waals surface area (Å²) in [5.41, 5.74) is -0.654. The third-order valence-electron chi connectivity index (χ3n) is 4.80. The van der Waals surface area contributed by atoms with Crippen molar-refractivity contribution in [3.63, 3.8) is 0 Å². The molecule has 0 unspecified atom stereocenters. The maximum absolute atomic E-state index is 13.3. The fourth-order valence-electron chi connectivity index (χ4n) is 3.23. The number of hydrogen-bond donors (Lipinski definition) is 0. The van der Waals surface area contributed by atoms with Gasteiger partial charge in [0.25, 0.3) is 0 Å². The van der Waals surface area contributed by atoms with Crippen molar-refractivity contribution in [1.82, 2.24) is 9.88 Å². The normalized spacial score (nSPS) is 16.9. The van der Waals surface area contributed by atoms with Crippen molar-refractivity contribution in [1.29, 1.82) is 0 Å². The smallest absolute Gasteiger partial charge is 0.356 e. The van der Waals surface area contributed by atoms with Gasteiger partial charge in [0.1, 0.15) is 5.82 Å². The zero-order valence-electron chi connectivity index (χ0n) is 14.2. The predicted molar refractivity (Wildman–Crippen MR) is 94.3 cm³/mol. The number of aromatic nitrogens is 1. The maximum Gasteiger partial charge on any atom is 0.419 e. The van der Waals surface area contributed by atoms with Crippen LogP contribution >= 0.6 is 15.9 Å². The molecule has 1 aliphatic rings. The number of alkyl halides is 3. The van der Waals surface area contributed by atoms with Gasteiger partial charge in [-0.1, -0.05) is 13.8 Å². The second-order valence-corrected chi connectivity index (χ2v) is 7.18. The molecule has 1 aromatic rings. The summed E-state index contributed by atoms with van der Waals surface area (Å²) in [5.74, 6) is 0.652. The Morgan fingerprint density at radius 2 is 1.88 bits per heavy atom. The van der Waals surface area contributed by atoms with E-state index in [-0.39, 0.29) is 5.82 Å². The zero-order valence-corrected chi connectivity index (χ0v) is 15.8. The fourth-order valence-corrected chi connectivity index (χ4v) is 3.56. The SMILES string of the molecule is CCN(CC)CCC1CCN(c2ncc(Br)cc2C(F)(F)F)CC1. The summed E-state index contributed by atoms with van der Waals surface area (Å²) in [6.07, 6.45) is 0.0325. The van der Waals surface area contributed by atoms with Crippen LogP contribution in [0.3, 0.4) is 0 Å². The summed E-state index contributed by atoms with van der Waals surface area (Å²) in [4.78, 5) is 8.22. The molecule has 0 spiro atoms. The van der Waals surface area contributed by atoms with Crippen molar-refractivity contribution in [3.8, 4) is 0 Å². The van der Waals surface area contributed by atoms with Crippen LogP contribution in [0.5, 0.6) is 0 Å². The molecule has 1 fully saturated rings. The summed E-state index contributed by atoms with van der Waals surface area (Å²) in [5, 5.41) is 0. The highest BCUT2D eigenvalue weighted by molar-refractivity contribution is 9.10.